The van der Waals surface area contributed by atoms with Crippen LogP contribution in [0.15, 0.2) is 24.5 Å². The smallest absolute Gasteiger partial charge is 0.257 e. The zero-order valence-electron chi connectivity index (χ0n) is 16.4. The predicted molar refractivity (Wildman–Crippen MR) is 106 cm³/mol. The molecule has 0 spiro atoms. The van der Waals surface area contributed by atoms with Crippen LogP contribution < -0.4 is 4.90 Å². The maximum Gasteiger partial charge on any atom is 0.257 e. The molecule has 1 atom stereocenters. The average molecular weight is 367 g/mol. The van der Waals surface area contributed by atoms with Crippen molar-refractivity contribution in [3.05, 3.63) is 41.5 Å². The Balaban J connectivity index is 1.63. The molecule has 2 aliphatic heterocycles. The van der Waals surface area contributed by atoms with Crippen LogP contribution in [-0.2, 0) is 13.0 Å². The van der Waals surface area contributed by atoms with E-state index in [1.165, 1.54) is 18.5 Å². The van der Waals surface area contributed by atoms with Gasteiger partial charge in [-0.2, -0.15) is 0 Å². The maximum atomic E-state index is 13.5. The van der Waals surface area contributed by atoms with Crippen molar-refractivity contribution < 1.29 is 4.79 Å². The van der Waals surface area contributed by atoms with E-state index in [1.54, 1.807) is 6.20 Å². The van der Waals surface area contributed by atoms with Gasteiger partial charge in [0, 0.05) is 44.3 Å². The van der Waals surface area contributed by atoms with Gasteiger partial charge in [-0.3, -0.25) is 4.79 Å². The topological polar surface area (TPSA) is 54.3 Å². The molecular formula is C21H29N5O. The summed E-state index contributed by atoms with van der Waals surface area (Å²) in [6.45, 7) is 7.86. The van der Waals surface area contributed by atoms with E-state index < -0.39 is 0 Å². The van der Waals surface area contributed by atoms with Crippen molar-refractivity contribution in [1.82, 2.24) is 19.4 Å². The van der Waals surface area contributed by atoms with Crippen LogP contribution in [0.3, 0.4) is 0 Å². The molecule has 2 aromatic rings. The van der Waals surface area contributed by atoms with Crippen LogP contribution >= 0.6 is 0 Å². The lowest BCUT2D eigenvalue weighted by atomic mass is 10.0. The first-order valence-corrected chi connectivity index (χ1v) is 10.3. The quantitative estimate of drug-likeness (QED) is 0.812. The Morgan fingerprint density at radius 2 is 2.00 bits per heavy atom. The molecule has 0 saturated carbocycles. The fourth-order valence-corrected chi connectivity index (χ4v) is 4.36. The molecule has 0 bridgehead atoms. The van der Waals surface area contributed by atoms with Gasteiger partial charge in [0.25, 0.3) is 5.91 Å². The number of nitrogens with zero attached hydrogens (tertiary/aromatic N) is 5. The number of hydrogen-bond acceptors (Lipinski definition) is 4. The van der Waals surface area contributed by atoms with Crippen LogP contribution in [0.4, 0.5) is 5.95 Å². The lowest BCUT2D eigenvalue weighted by Gasteiger charge is -2.37. The van der Waals surface area contributed by atoms with Crippen LogP contribution in [0.5, 0.6) is 0 Å². The van der Waals surface area contributed by atoms with Gasteiger partial charge in [-0.1, -0.05) is 20.3 Å². The molecule has 2 aromatic heterocycles. The Labute approximate surface area is 161 Å². The molecule has 144 valence electrons. The zero-order valence-corrected chi connectivity index (χ0v) is 16.4. The lowest BCUT2D eigenvalue weighted by Crippen LogP contribution is -2.42. The molecule has 27 heavy (non-hydrogen) atoms. The number of rotatable bonds is 5. The largest absolute Gasteiger partial charge is 0.348 e. The summed E-state index contributed by atoms with van der Waals surface area (Å²) in [6.07, 6.45) is 9.03. The molecule has 0 unspecified atom stereocenters. The van der Waals surface area contributed by atoms with Crippen LogP contribution in [0, 0.1) is 0 Å². The van der Waals surface area contributed by atoms with Gasteiger partial charge in [-0.15, -0.1) is 0 Å². The summed E-state index contributed by atoms with van der Waals surface area (Å²) in [5.41, 5.74) is 2.78. The van der Waals surface area contributed by atoms with E-state index >= 15 is 0 Å². The Kier molecular flexibility index (Phi) is 5.14. The fraction of sp³-hybridized carbons (Fsp3) is 0.571. The second-order valence-electron chi connectivity index (χ2n) is 7.51. The van der Waals surface area contributed by atoms with Gasteiger partial charge in [-0.25, -0.2) is 9.97 Å². The molecular weight excluding hydrogens is 338 g/mol. The van der Waals surface area contributed by atoms with Gasteiger partial charge in [0.1, 0.15) is 0 Å². The van der Waals surface area contributed by atoms with Crippen molar-refractivity contribution in [2.24, 2.45) is 0 Å². The molecule has 2 aliphatic rings. The monoisotopic (exact) mass is 367 g/mol. The standard InChI is InChI=1S/C21H29N5O/c1-3-8-19-18-9-7-12-24(18)13-14-26(19)20(27)16-15-22-21(23-17(16)4-2)25-10-5-6-11-25/h7,9,12,15,19H,3-6,8,10-11,13-14H2,1-2H3/t19-/m1/s1. The Morgan fingerprint density at radius 1 is 1.19 bits per heavy atom. The minimum atomic E-state index is 0.0747. The second-order valence-corrected chi connectivity index (χ2v) is 7.51. The number of aryl methyl sites for hydroxylation is 1. The number of amides is 1. The molecule has 1 amide bonds. The highest BCUT2D eigenvalue weighted by Gasteiger charge is 2.32. The third kappa shape index (κ3) is 3.33. The molecule has 0 aliphatic carbocycles. The highest BCUT2D eigenvalue weighted by Crippen LogP contribution is 2.31. The maximum absolute atomic E-state index is 13.5. The second kappa shape index (κ2) is 7.71. The summed E-state index contributed by atoms with van der Waals surface area (Å²) >= 11 is 0. The summed E-state index contributed by atoms with van der Waals surface area (Å²) in [6, 6.07) is 4.36. The number of hydrogen-bond donors (Lipinski definition) is 0. The molecule has 0 radical (unpaired) electrons. The minimum absolute atomic E-state index is 0.0747. The number of anilines is 1. The van der Waals surface area contributed by atoms with Crippen LogP contribution in [0.2, 0.25) is 0 Å². The molecule has 4 rings (SSSR count). The molecule has 1 saturated heterocycles. The lowest BCUT2D eigenvalue weighted by molar-refractivity contribution is 0.0608. The molecule has 6 heteroatoms. The number of carbonyl (C=O) groups excluding carboxylic acids is 1. The van der Waals surface area contributed by atoms with Crippen molar-refractivity contribution in [1.29, 1.82) is 0 Å². The van der Waals surface area contributed by atoms with Crippen LogP contribution in [-0.4, -0.2) is 45.0 Å². The average Bonchev–Trinajstić information content (AvgIpc) is 3.39. The molecule has 4 heterocycles. The van der Waals surface area contributed by atoms with E-state index in [2.05, 4.69) is 46.6 Å². The van der Waals surface area contributed by atoms with E-state index in [-0.39, 0.29) is 11.9 Å². The van der Waals surface area contributed by atoms with Gasteiger partial charge >= 0.3 is 0 Å². The normalized spacial score (nSPS) is 19.4. The van der Waals surface area contributed by atoms with E-state index in [9.17, 15) is 4.79 Å². The van der Waals surface area contributed by atoms with Crippen molar-refractivity contribution in [3.8, 4) is 0 Å². The zero-order chi connectivity index (χ0) is 18.8. The third-order valence-corrected chi connectivity index (χ3v) is 5.80. The first-order chi connectivity index (χ1) is 13.2. The van der Waals surface area contributed by atoms with Gasteiger partial charge in [0.05, 0.1) is 17.3 Å². The predicted octanol–water partition coefficient (Wildman–Crippen LogP) is 3.44. The Bertz CT molecular complexity index is 809. The van der Waals surface area contributed by atoms with Crippen molar-refractivity contribution >= 4 is 11.9 Å². The van der Waals surface area contributed by atoms with E-state index in [4.69, 9.17) is 4.98 Å². The molecule has 0 aromatic carbocycles. The van der Waals surface area contributed by atoms with Gasteiger partial charge < -0.3 is 14.4 Å². The number of carbonyl (C=O) groups is 1. The summed E-state index contributed by atoms with van der Waals surface area (Å²) < 4.78 is 2.28. The fourth-order valence-electron chi connectivity index (χ4n) is 4.36. The highest BCUT2D eigenvalue weighted by molar-refractivity contribution is 5.95. The van der Waals surface area contributed by atoms with Gasteiger partial charge in [-0.05, 0) is 37.8 Å². The third-order valence-electron chi connectivity index (χ3n) is 5.80. The van der Waals surface area contributed by atoms with Gasteiger partial charge in [0.15, 0.2) is 0 Å². The molecule has 0 N–H and O–H groups in total. The van der Waals surface area contributed by atoms with Gasteiger partial charge in [0.2, 0.25) is 5.95 Å². The Hall–Kier alpha value is -2.37. The van der Waals surface area contributed by atoms with Crippen LogP contribution in [0.25, 0.3) is 0 Å². The van der Waals surface area contributed by atoms with Crippen molar-refractivity contribution in [3.63, 3.8) is 0 Å². The van der Waals surface area contributed by atoms with E-state index in [1.807, 2.05) is 4.90 Å². The summed E-state index contributed by atoms with van der Waals surface area (Å²) in [7, 11) is 0. The van der Waals surface area contributed by atoms with E-state index in [0.29, 0.717) is 5.56 Å². The summed E-state index contributed by atoms with van der Waals surface area (Å²) in [5.74, 6) is 0.851. The van der Waals surface area contributed by atoms with E-state index in [0.717, 1.165) is 57.1 Å². The number of fused-ring (bicyclic) bond motifs is 1. The SMILES string of the molecule is CCC[C@@H]1c2cccn2CCN1C(=O)c1cnc(N2CCCC2)nc1CC. The van der Waals surface area contributed by atoms with Crippen LogP contribution in [0.1, 0.15) is 67.3 Å². The first kappa shape index (κ1) is 18.0. The summed E-state index contributed by atoms with van der Waals surface area (Å²) in [5, 5.41) is 0. The Morgan fingerprint density at radius 3 is 2.74 bits per heavy atom. The van der Waals surface area contributed by atoms with Crippen molar-refractivity contribution in [2.45, 2.75) is 58.5 Å². The first-order valence-electron chi connectivity index (χ1n) is 10.3. The highest BCUT2D eigenvalue weighted by atomic mass is 16.2. The minimum Gasteiger partial charge on any atom is -0.348 e. The molecule has 1 fully saturated rings. The van der Waals surface area contributed by atoms with Crippen molar-refractivity contribution in [2.75, 3.05) is 24.5 Å². The number of aromatic nitrogens is 3. The molecule has 6 nitrogen and oxygen atoms in total. The summed E-state index contributed by atoms with van der Waals surface area (Å²) in [4.78, 5) is 27.0.